The Balaban J connectivity index is 2.74. The van der Waals surface area contributed by atoms with Gasteiger partial charge in [-0.2, -0.15) is 0 Å². The SMILES string of the molecule is C=C(N[C@H](C(=O)OC)C(C)(C)C)[C@@H](NC(=O)OCc1ccccc1)C(C)C. The van der Waals surface area contributed by atoms with Gasteiger partial charge in [0, 0.05) is 5.70 Å². The van der Waals surface area contributed by atoms with E-state index in [1.165, 1.54) is 7.11 Å². The van der Waals surface area contributed by atoms with Gasteiger partial charge in [0.25, 0.3) is 0 Å². The zero-order valence-electron chi connectivity index (χ0n) is 17.2. The number of benzene rings is 1. The molecule has 6 heteroatoms. The minimum atomic E-state index is -0.585. The van der Waals surface area contributed by atoms with Crippen LogP contribution in [0.15, 0.2) is 42.6 Å². The van der Waals surface area contributed by atoms with Crippen LogP contribution in [0, 0.1) is 11.3 Å². The number of carbonyl (C=O) groups excluding carboxylic acids is 2. The Kier molecular flexibility index (Phi) is 8.34. The van der Waals surface area contributed by atoms with Gasteiger partial charge >= 0.3 is 12.1 Å². The second-order valence-electron chi connectivity index (χ2n) is 7.92. The van der Waals surface area contributed by atoms with Crippen molar-refractivity contribution < 1.29 is 19.1 Å². The number of amides is 1. The Morgan fingerprint density at radius 2 is 1.70 bits per heavy atom. The number of rotatable bonds is 8. The lowest BCUT2D eigenvalue weighted by Crippen LogP contribution is -2.51. The molecular formula is C21H32N2O4. The third-order valence-corrected chi connectivity index (χ3v) is 4.16. The molecule has 0 bridgehead atoms. The molecule has 0 aromatic heterocycles. The van der Waals surface area contributed by atoms with Gasteiger partial charge < -0.3 is 20.1 Å². The fourth-order valence-electron chi connectivity index (χ4n) is 2.57. The Hall–Kier alpha value is -2.50. The third-order valence-electron chi connectivity index (χ3n) is 4.16. The highest BCUT2D eigenvalue weighted by Crippen LogP contribution is 2.22. The number of carbonyl (C=O) groups is 2. The van der Waals surface area contributed by atoms with Gasteiger partial charge in [-0.1, -0.05) is 71.5 Å². The normalized spacial score (nSPS) is 13.4. The predicted molar refractivity (Wildman–Crippen MR) is 106 cm³/mol. The molecule has 1 aromatic rings. The van der Waals surface area contributed by atoms with Crippen molar-refractivity contribution in [1.82, 2.24) is 10.6 Å². The Labute approximate surface area is 162 Å². The topological polar surface area (TPSA) is 76.7 Å². The van der Waals surface area contributed by atoms with Gasteiger partial charge in [-0.25, -0.2) is 9.59 Å². The molecule has 0 saturated heterocycles. The summed E-state index contributed by atoms with van der Waals surface area (Å²) in [5, 5.41) is 5.95. The monoisotopic (exact) mass is 376 g/mol. The first kappa shape index (κ1) is 22.5. The maximum absolute atomic E-state index is 12.2. The Bertz CT molecular complexity index is 635. The number of nitrogens with one attached hydrogen (secondary N) is 2. The Morgan fingerprint density at radius 3 is 2.19 bits per heavy atom. The van der Waals surface area contributed by atoms with E-state index in [1.54, 1.807) is 0 Å². The van der Waals surface area contributed by atoms with E-state index >= 15 is 0 Å². The molecule has 0 unspecified atom stereocenters. The van der Waals surface area contributed by atoms with E-state index in [9.17, 15) is 9.59 Å². The van der Waals surface area contributed by atoms with Crippen molar-refractivity contribution in [3.05, 3.63) is 48.2 Å². The molecule has 150 valence electrons. The summed E-state index contributed by atoms with van der Waals surface area (Å²) in [5.41, 5.74) is 1.06. The molecule has 1 aromatic carbocycles. The van der Waals surface area contributed by atoms with Crippen LogP contribution >= 0.6 is 0 Å². The second-order valence-corrected chi connectivity index (χ2v) is 7.92. The molecule has 0 spiro atoms. The lowest BCUT2D eigenvalue weighted by molar-refractivity contribution is -0.145. The molecule has 2 atom stereocenters. The number of esters is 1. The molecule has 1 rings (SSSR count). The van der Waals surface area contributed by atoms with Crippen LogP contribution in [-0.2, 0) is 20.9 Å². The largest absolute Gasteiger partial charge is 0.467 e. The molecule has 0 aliphatic carbocycles. The van der Waals surface area contributed by atoms with Gasteiger partial charge in [-0.3, -0.25) is 0 Å². The van der Waals surface area contributed by atoms with E-state index in [4.69, 9.17) is 9.47 Å². The molecule has 0 heterocycles. The number of methoxy groups -OCH3 is 1. The van der Waals surface area contributed by atoms with E-state index in [0.29, 0.717) is 5.70 Å². The molecule has 27 heavy (non-hydrogen) atoms. The van der Waals surface area contributed by atoms with Crippen LogP contribution in [0.4, 0.5) is 4.79 Å². The second kappa shape index (κ2) is 10.00. The maximum atomic E-state index is 12.2. The lowest BCUT2D eigenvalue weighted by atomic mass is 9.86. The maximum Gasteiger partial charge on any atom is 0.408 e. The zero-order chi connectivity index (χ0) is 20.6. The lowest BCUT2D eigenvalue weighted by Gasteiger charge is -2.34. The minimum Gasteiger partial charge on any atom is -0.467 e. The highest BCUT2D eigenvalue weighted by Gasteiger charge is 2.34. The van der Waals surface area contributed by atoms with E-state index in [1.807, 2.05) is 65.0 Å². The summed E-state index contributed by atoms with van der Waals surface area (Å²) in [6, 6.07) is 8.47. The van der Waals surface area contributed by atoms with E-state index in [2.05, 4.69) is 17.2 Å². The number of hydrogen-bond donors (Lipinski definition) is 2. The van der Waals surface area contributed by atoms with Gasteiger partial charge in [-0.15, -0.1) is 0 Å². The highest BCUT2D eigenvalue weighted by atomic mass is 16.5. The summed E-state index contributed by atoms with van der Waals surface area (Å²) < 4.78 is 10.2. The molecule has 0 aliphatic rings. The average Bonchev–Trinajstić information content (AvgIpc) is 2.61. The van der Waals surface area contributed by atoms with Crippen molar-refractivity contribution in [2.75, 3.05) is 7.11 Å². The molecule has 1 amide bonds. The van der Waals surface area contributed by atoms with Crippen LogP contribution in [0.3, 0.4) is 0 Å². The van der Waals surface area contributed by atoms with Crippen molar-refractivity contribution in [2.24, 2.45) is 11.3 Å². The van der Waals surface area contributed by atoms with E-state index < -0.39 is 18.2 Å². The van der Waals surface area contributed by atoms with Crippen LogP contribution in [0.1, 0.15) is 40.2 Å². The summed E-state index contributed by atoms with van der Waals surface area (Å²) in [7, 11) is 1.35. The molecule has 0 aliphatic heterocycles. The molecule has 0 saturated carbocycles. The summed E-state index contributed by atoms with van der Waals surface area (Å²) in [6.07, 6.45) is -0.536. The van der Waals surface area contributed by atoms with Crippen LogP contribution < -0.4 is 10.6 Å². The van der Waals surface area contributed by atoms with Crippen LogP contribution in [0.5, 0.6) is 0 Å². The first-order valence-corrected chi connectivity index (χ1v) is 9.06. The molecule has 2 N–H and O–H groups in total. The standard InChI is InChI=1S/C21H32N2O4/c1-14(2)17(15(3)22-18(19(24)26-7)21(4,5)6)23-20(25)27-13-16-11-9-8-10-12-16/h8-12,14,17-18,22H,3,13H2,1-2,4-7H3,(H,23,25)/t17-,18+/m0/s1. The highest BCUT2D eigenvalue weighted by molar-refractivity contribution is 5.77. The molecular weight excluding hydrogens is 344 g/mol. The van der Waals surface area contributed by atoms with Crippen molar-refractivity contribution in [3.8, 4) is 0 Å². The molecule has 0 fully saturated rings. The fraction of sp³-hybridized carbons (Fsp3) is 0.524. The van der Waals surface area contributed by atoms with Gasteiger partial charge in [0.2, 0.25) is 0 Å². The number of alkyl carbamates (subject to hydrolysis) is 1. The van der Waals surface area contributed by atoms with Crippen LogP contribution in [0.2, 0.25) is 0 Å². The number of hydrogen-bond acceptors (Lipinski definition) is 5. The number of ether oxygens (including phenoxy) is 2. The van der Waals surface area contributed by atoms with Gasteiger partial charge in [0.15, 0.2) is 0 Å². The van der Waals surface area contributed by atoms with Crippen molar-refractivity contribution >= 4 is 12.1 Å². The molecule has 6 nitrogen and oxygen atoms in total. The smallest absolute Gasteiger partial charge is 0.408 e. The van der Waals surface area contributed by atoms with Crippen molar-refractivity contribution in [1.29, 1.82) is 0 Å². The van der Waals surface area contributed by atoms with Crippen LogP contribution in [0.25, 0.3) is 0 Å². The summed E-state index contributed by atoms with van der Waals surface area (Å²) >= 11 is 0. The van der Waals surface area contributed by atoms with E-state index in [0.717, 1.165) is 5.56 Å². The van der Waals surface area contributed by atoms with Gasteiger partial charge in [-0.05, 0) is 16.9 Å². The quantitative estimate of drug-likeness (QED) is 0.678. The first-order valence-electron chi connectivity index (χ1n) is 9.06. The van der Waals surface area contributed by atoms with E-state index in [-0.39, 0.29) is 23.9 Å². The van der Waals surface area contributed by atoms with Crippen molar-refractivity contribution in [2.45, 2.75) is 53.3 Å². The average molecular weight is 376 g/mol. The molecule has 0 radical (unpaired) electrons. The zero-order valence-corrected chi connectivity index (χ0v) is 17.2. The Morgan fingerprint density at radius 1 is 1.11 bits per heavy atom. The predicted octanol–water partition coefficient (Wildman–Crippen LogP) is 3.63. The first-order chi connectivity index (χ1) is 12.6. The fourth-order valence-corrected chi connectivity index (χ4v) is 2.57. The van der Waals surface area contributed by atoms with Crippen LogP contribution in [-0.4, -0.2) is 31.3 Å². The van der Waals surface area contributed by atoms with Gasteiger partial charge in [0.1, 0.15) is 12.6 Å². The minimum absolute atomic E-state index is 0.0486. The summed E-state index contributed by atoms with van der Waals surface area (Å²) in [6.45, 7) is 13.9. The van der Waals surface area contributed by atoms with Gasteiger partial charge in [0.05, 0.1) is 13.2 Å². The third kappa shape index (κ3) is 7.33. The summed E-state index contributed by atoms with van der Waals surface area (Å²) in [4.78, 5) is 24.3. The summed E-state index contributed by atoms with van der Waals surface area (Å²) in [5.74, 6) is -0.328. The van der Waals surface area contributed by atoms with Crippen molar-refractivity contribution in [3.63, 3.8) is 0 Å².